The van der Waals surface area contributed by atoms with E-state index >= 15 is 0 Å². The number of rotatable bonds is 5. The van der Waals surface area contributed by atoms with Crippen LogP contribution in [-0.2, 0) is 5.41 Å². The molecule has 35 heavy (non-hydrogen) atoms. The van der Waals surface area contributed by atoms with Gasteiger partial charge < -0.3 is 19.3 Å². The van der Waals surface area contributed by atoms with E-state index < -0.39 is 0 Å². The molecule has 7 heteroatoms. The molecule has 1 aromatic carbocycles. The van der Waals surface area contributed by atoms with Gasteiger partial charge in [-0.15, -0.1) is 0 Å². The molecule has 3 aromatic heterocycles. The Labute approximate surface area is 206 Å². The van der Waals surface area contributed by atoms with Crippen molar-refractivity contribution in [2.24, 2.45) is 0 Å². The number of hydrogen-bond donors (Lipinski definition) is 0. The maximum absolute atomic E-state index is 6.43. The van der Waals surface area contributed by atoms with Gasteiger partial charge >= 0.3 is 0 Å². The number of aromatic nitrogens is 3. The summed E-state index contributed by atoms with van der Waals surface area (Å²) in [5, 5.41) is 0. The minimum absolute atomic E-state index is 0.000931. The molecule has 0 saturated carbocycles. The van der Waals surface area contributed by atoms with Gasteiger partial charge in [0.25, 0.3) is 0 Å². The van der Waals surface area contributed by atoms with Gasteiger partial charge in [0, 0.05) is 61.3 Å². The van der Waals surface area contributed by atoms with Crippen LogP contribution in [0.3, 0.4) is 0 Å². The summed E-state index contributed by atoms with van der Waals surface area (Å²) in [6, 6.07) is 15.9. The Hall–Kier alpha value is -4.00. The fourth-order valence-electron chi connectivity index (χ4n) is 4.10. The summed E-state index contributed by atoms with van der Waals surface area (Å²) in [6.07, 6.45) is 5.90. The lowest BCUT2D eigenvalue weighted by Crippen LogP contribution is -2.21. The third kappa shape index (κ3) is 4.67. The number of imidazole rings is 1. The molecule has 0 bridgehead atoms. The van der Waals surface area contributed by atoms with Crippen LogP contribution >= 0.6 is 0 Å². The van der Waals surface area contributed by atoms with E-state index in [9.17, 15) is 0 Å². The van der Waals surface area contributed by atoms with Crippen molar-refractivity contribution in [2.75, 3.05) is 18.6 Å². The molecule has 1 aliphatic rings. The smallest absolute Gasteiger partial charge is 0.219 e. The Morgan fingerprint density at radius 3 is 2.49 bits per heavy atom. The highest BCUT2D eigenvalue weighted by atomic mass is 16.5. The van der Waals surface area contributed by atoms with Crippen molar-refractivity contribution in [3.8, 4) is 23.3 Å². The molecular weight excluding hydrogens is 438 g/mol. The van der Waals surface area contributed by atoms with Crippen LogP contribution in [-0.4, -0.2) is 33.0 Å². The lowest BCUT2D eigenvalue weighted by molar-refractivity contribution is 0.433. The standard InChI is InChI=1S/C28H31N5O2/c1-19-20(2)33-25(30-19)16-24(34-26-14-21(10-11-29-26)28(3,4)5)17-27(33)35-23-9-7-8-22(15-23)32-13-12-31(6)18-32/h7-17H,18H2,1-6H3. The predicted molar refractivity (Wildman–Crippen MR) is 138 cm³/mol. The molecule has 0 saturated heterocycles. The number of pyridine rings is 2. The number of ether oxygens (including phenoxy) is 2. The van der Waals surface area contributed by atoms with Gasteiger partial charge in [-0.3, -0.25) is 4.40 Å². The van der Waals surface area contributed by atoms with Crippen molar-refractivity contribution in [3.63, 3.8) is 0 Å². The first kappa shape index (κ1) is 22.8. The highest BCUT2D eigenvalue weighted by molar-refractivity contribution is 5.56. The minimum atomic E-state index is 0.000931. The van der Waals surface area contributed by atoms with Crippen LogP contribution in [0.1, 0.15) is 37.7 Å². The largest absolute Gasteiger partial charge is 0.440 e. The summed E-state index contributed by atoms with van der Waals surface area (Å²) in [7, 11) is 2.05. The fraction of sp³-hybridized carbons (Fsp3) is 0.286. The van der Waals surface area contributed by atoms with Crippen LogP contribution in [0, 0.1) is 13.8 Å². The molecule has 0 N–H and O–H groups in total. The van der Waals surface area contributed by atoms with Gasteiger partial charge in [-0.2, -0.15) is 0 Å². The quantitative estimate of drug-likeness (QED) is 0.337. The Kier molecular flexibility index (Phi) is 5.63. The van der Waals surface area contributed by atoms with Crippen LogP contribution in [0.15, 0.2) is 67.1 Å². The Morgan fingerprint density at radius 2 is 1.74 bits per heavy atom. The second-order valence-electron chi connectivity index (χ2n) is 10.0. The van der Waals surface area contributed by atoms with Crippen molar-refractivity contribution >= 4 is 11.3 Å². The van der Waals surface area contributed by atoms with Crippen molar-refractivity contribution < 1.29 is 9.47 Å². The highest BCUT2D eigenvalue weighted by Gasteiger charge is 2.18. The predicted octanol–water partition coefficient (Wildman–Crippen LogP) is 6.41. The average molecular weight is 470 g/mol. The number of nitrogens with zero attached hydrogens (tertiary/aromatic N) is 5. The molecule has 0 unspecified atom stereocenters. The first-order valence-electron chi connectivity index (χ1n) is 11.7. The summed E-state index contributed by atoms with van der Waals surface area (Å²) >= 11 is 0. The van der Waals surface area contributed by atoms with E-state index in [1.807, 2.05) is 60.7 Å². The van der Waals surface area contributed by atoms with Crippen molar-refractivity contribution in [2.45, 2.75) is 40.0 Å². The molecular formula is C28H31N5O2. The maximum Gasteiger partial charge on any atom is 0.219 e. The van der Waals surface area contributed by atoms with Gasteiger partial charge in [0.05, 0.1) is 12.4 Å². The molecule has 0 fully saturated rings. The first-order chi connectivity index (χ1) is 16.7. The second kappa shape index (κ2) is 8.65. The zero-order valence-corrected chi connectivity index (χ0v) is 21.1. The number of anilines is 1. The van der Waals surface area contributed by atoms with Crippen LogP contribution < -0.4 is 14.4 Å². The molecule has 1 aliphatic heterocycles. The monoisotopic (exact) mass is 469 g/mol. The normalized spacial score (nSPS) is 13.7. The minimum Gasteiger partial charge on any atom is -0.440 e. The third-order valence-electron chi connectivity index (χ3n) is 6.20. The topological polar surface area (TPSA) is 55.1 Å². The molecule has 0 atom stereocenters. The lowest BCUT2D eigenvalue weighted by atomic mass is 9.88. The molecule has 4 aromatic rings. The van der Waals surface area contributed by atoms with Crippen molar-refractivity contribution in [1.29, 1.82) is 0 Å². The molecule has 0 spiro atoms. The van der Waals surface area contributed by atoms with E-state index in [4.69, 9.17) is 14.5 Å². The SMILES string of the molecule is Cc1nc2cc(Oc3cc(C(C)(C)C)ccn3)cc(Oc3cccc(N4C=CN(C)C4)c3)n2c1C. The summed E-state index contributed by atoms with van der Waals surface area (Å²) in [5.74, 6) is 2.53. The molecule has 180 valence electrons. The lowest BCUT2D eigenvalue weighted by Gasteiger charge is -2.20. The molecule has 7 nitrogen and oxygen atoms in total. The van der Waals surface area contributed by atoms with E-state index in [0.29, 0.717) is 17.5 Å². The van der Waals surface area contributed by atoms with Gasteiger partial charge in [-0.25, -0.2) is 9.97 Å². The number of aryl methyl sites for hydroxylation is 2. The summed E-state index contributed by atoms with van der Waals surface area (Å²) in [6.45, 7) is 11.4. The van der Waals surface area contributed by atoms with Crippen LogP contribution in [0.25, 0.3) is 5.65 Å². The van der Waals surface area contributed by atoms with Crippen LogP contribution in [0.4, 0.5) is 5.69 Å². The van der Waals surface area contributed by atoms with E-state index in [0.717, 1.165) is 40.7 Å². The summed E-state index contributed by atoms with van der Waals surface area (Å²) < 4.78 is 14.6. The van der Waals surface area contributed by atoms with Gasteiger partial charge in [-0.05, 0) is 43.0 Å². The van der Waals surface area contributed by atoms with Crippen LogP contribution in [0.5, 0.6) is 23.3 Å². The van der Waals surface area contributed by atoms with Crippen LogP contribution in [0.2, 0.25) is 0 Å². The average Bonchev–Trinajstić information content (AvgIpc) is 3.36. The van der Waals surface area contributed by atoms with E-state index in [1.54, 1.807) is 6.20 Å². The van der Waals surface area contributed by atoms with E-state index in [1.165, 1.54) is 0 Å². The molecule has 0 amide bonds. The zero-order valence-electron chi connectivity index (χ0n) is 21.1. The molecule has 0 radical (unpaired) electrons. The fourth-order valence-corrected chi connectivity index (χ4v) is 4.10. The zero-order chi connectivity index (χ0) is 24.7. The number of hydrogen-bond acceptors (Lipinski definition) is 6. The molecule has 4 heterocycles. The summed E-state index contributed by atoms with van der Waals surface area (Å²) in [5.41, 5.74) is 4.95. The number of benzene rings is 1. The Balaban J connectivity index is 1.50. The Morgan fingerprint density at radius 1 is 0.914 bits per heavy atom. The van der Waals surface area contributed by atoms with E-state index in [2.05, 4.69) is 61.1 Å². The second-order valence-corrected chi connectivity index (χ2v) is 10.0. The van der Waals surface area contributed by atoms with Gasteiger partial charge in [-0.1, -0.05) is 26.8 Å². The summed E-state index contributed by atoms with van der Waals surface area (Å²) in [4.78, 5) is 13.4. The number of fused-ring (bicyclic) bond motifs is 1. The molecule has 5 rings (SSSR count). The molecule has 0 aliphatic carbocycles. The van der Waals surface area contributed by atoms with Crippen molar-refractivity contribution in [3.05, 3.63) is 84.1 Å². The third-order valence-corrected chi connectivity index (χ3v) is 6.20. The first-order valence-corrected chi connectivity index (χ1v) is 11.7. The van der Waals surface area contributed by atoms with Gasteiger partial charge in [0.15, 0.2) is 0 Å². The van der Waals surface area contributed by atoms with Crippen molar-refractivity contribution in [1.82, 2.24) is 19.3 Å². The highest BCUT2D eigenvalue weighted by Crippen LogP contribution is 2.34. The van der Waals surface area contributed by atoms with Gasteiger partial charge in [0.1, 0.15) is 17.1 Å². The van der Waals surface area contributed by atoms with E-state index in [-0.39, 0.29) is 5.41 Å². The van der Waals surface area contributed by atoms with Gasteiger partial charge in [0.2, 0.25) is 11.8 Å². The Bertz CT molecular complexity index is 1420. The maximum atomic E-state index is 6.43.